The number of nitrogens with zero attached hydrogens (tertiary/aromatic N) is 5. The molecule has 0 amide bonds. The lowest BCUT2D eigenvalue weighted by Crippen LogP contribution is -2.28. The van der Waals surface area contributed by atoms with Crippen molar-refractivity contribution in [2.45, 2.75) is 5.41 Å². The number of fused-ring (bicyclic) bond motifs is 11. The third-order valence-electron chi connectivity index (χ3n) is 15.1. The lowest BCUT2D eigenvalue weighted by Gasteiger charge is -2.34. The first-order valence-corrected chi connectivity index (χ1v) is 24.7. The largest absolute Gasteiger partial charge is 0.310 e. The summed E-state index contributed by atoms with van der Waals surface area (Å²) in [6.07, 6.45) is 4.26. The molecule has 0 unspecified atom stereocenters. The summed E-state index contributed by atoms with van der Waals surface area (Å²) >= 11 is 0. The third-order valence-corrected chi connectivity index (χ3v) is 15.1. The summed E-state index contributed by atoms with van der Waals surface area (Å²) < 4.78 is 4.73. The van der Waals surface area contributed by atoms with E-state index in [9.17, 15) is 0 Å². The molecule has 0 saturated carbocycles. The van der Waals surface area contributed by atoms with Crippen LogP contribution in [0.25, 0.3) is 89.4 Å². The van der Waals surface area contributed by atoms with Crippen molar-refractivity contribution < 1.29 is 0 Å². The number of aromatic nitrogens is 4. The molecule has 0 saturated heterocycles. The molecule has 3 aromatic heterocycles. The second-order valence-electron chi connectivity index (χ2n) is 18.9. The second kappa shape index (κ2) is 15.7. The Bertz CT molecular complexity index is 4280. The first kappa shape index (κ1) is 40.3. The molecule has 10 aromatic carbocycles. The molecule has 0 fully saturated rings. The highest BCUT2D eigenvalue weighted by molar-refractivity contribution is 6.17. The summed E-state index contributed by atoms with van der Waals surface area (Å²) in [6, 6.07) is 90.7. The fourth-order valence-electron chi connectivity index (χ4n) is 12.2. The van der Waals surface area contributed by atoms with Crippen LogP contribution in [0, 0.1) is 0 Å². The highest BCUT2D eigenvalue weighted by Crippen LogP contribution is 2.58. The van der Waals surface area contributed by atoms with E-state index in [4.69, 9.17) is 9.97 Å². The fraction of sp³-hybridized carbons (Fsp3) is 0.0149. The van der Waals surface area contributed by atoms with Gasteiger partial charge in [-0.15, -0.1) is 0 Å². The van der Waals surface area contributed by atoms with E-state index in [1.165, 1.54) is 66.0 Å². The number of hydrogen-bond donors (Lipinski definition) is 0. The van der Waals surface area contributed by atoms with Gasteiger partial charge in [-0.25, -0.2) is 9.97 Å². The average Bonchev–Trinajstić information content (AvgIpc) is 4.07. The Morgan fingerprint density at radius 2 is 1.11 bits per heavy atom. The topological polar surface area (TPSA) is 38.9 Å². The Balaban J connectivity index is 1.03. The number of anilines is 2. The van der Waals surface area contributed by atoms with Crippen LogP contribution in [0.4, 0.5) is 11.4 Å². The molecule has 0 bridgehead atoms. The van der Waals surface area contributed by atoms with Gasteiger partial charge >= 0.3 is 0 Å². The van der Waals surface area contributed by atoms with Gasteiger partial charge in [0.05, 0.1) is 38.9 Å². The van der Waals surface area contributed by atoms with Crippen LogP contribution in [0.15, 0.2) is 255 Å². The number of imidazole rings is 1. The second-order valence-corrected chi connectivity index (χ2v) is 18.9. The summed E-state index contributed by atoms with van der Waals surface area (Å²) in [4.78, 5) is 12.5. The minimum atomic E-state index is -0.521. The maximum absolute atomic E-state index is 5.28. The van der Waals surface area contributed by atoms with Crippen molar-refractivity contribution in [2.75, 3.05) is 4.90 Å². The van der Waals surface area contributed by atoms with Crippen molar-refractivity contribution in [1.82, 2.24) is 19.1 Å². The molecule has 15 rings (SSSR count). The van der Waals surface area contributed by atoms with Crippen LogP contribution in [-0.4, -0.2) is 19.1 Å². The predicted molar refractivity (Wildman–Crippen MR) is 296 cm³/mol. The highest BCUT2D eigenvalue weighted by atomic mass is 15.2. The Morgan fingerprint density at radius 1 is 0.431 bits per heavy atom. The monoisotopic (exact) mass is 917 g/mol. The van der Waals surface area contributed by atoms with Gasteiger partial charge in [0.25, 0.3) is 0 Å². The van der Waals surface area contributed by atoms with E-state index in [0.29, 0.717) is 0 Å². The zero-order valence-corrected chi connectivity index (χ0v) is 39.1. The summed E-state index contributed by atoms with van der Waals surface area (Å²) in [5, 5.41) is 4.83. The summed E-state index contributed by atoms with van der Waals surface area (Å²) in [5.74, 6) is 1.65. The van der Waals surface area contributed by atoms with E-state index in [0.717, 1.165) is 62.1 Å². The SMILES string of the molecule is C1=C(N(c2ccccc2)c2cccc(-c3nc4ccccc4n3-c3ccccn3)c2)c2ccc3cc4c(cc3c2-n2c3ccccc3c3cccc1c32)-c1ccccc1C4(c1ccccc1)c1ccccc1. The molecule has 1 aliphatic heterocycles. The van der Waals surface area contributed by atoms with Gasteiger partial charge in [0, 0.05) is 50.4 Å². The van der Waals surface area contributed by atoms with Crippen molar-refractivity contribution in [3.05, 3.63) is 288 Å². The Kier molecular flexibility index (Phi) is 8.80. The number of rotatable bonds is 7. The van der Waals surface area contributed by atoms with Gasteiger partial charge in [0.15, 0.2) is 0 Å². The lowest BCUT2D eigenvalue weighted by atomic mass is 9.67. The minimum Gasteiger partial charge on any atom is -0.310 e. The van der Waals surface area contributed by atoms with Crippen molar-refractivity contribution in [2.24, 2.45) is 0 Å². The van der Waals surface area contributed by atoms with Crippen molar-refractivity contribution in [1.29, 1.82) is 0 Å². The van der Waals surface area contributed by atoms with E-state index < -0.39 is 5.41 Å². The number of pyridine rings is 1. The van der Waals surface area contributed by atoms with Gasteiger partial charge in [-0.2, -0.15) is 0 Å². The van der Waals surface area contributed by atoms with Crippen LogP contribution in [0.2, 0.25) is 0 Å². The van der Waals surface area contributed by atoms with Gasteiger partial charge in [-0.1, -0.05) is 182 Å². The molecule has 1 aliphatic carbocycles. The normalized spacial score (nSPS) is 13.2. The zero-order valence-electron chi connectivity index (χ0n) is 39.1. The number of hydrogen-bond acceptors (Lipinski definition) is 3. The van der Waals surface area contributed by atoms with Crippen LogP contribution >= 0.6 is 0 Å². The van der Waals surface area contributed by atoms with Gasteiger partial charge in [-0.3, -0.25) is 4.57 Å². The van der Waals surface area contributed by atoms with Gasteiger partial charge in [0.1, 0.15) is 11.6 Å². The molecule has 0 N–H and O–H groups in total. The molecular weight excluding hydrogens is 875 g/mol. The molecule has 5 nitrogen and oxygen atoms in total. The molecule has 336 valence electrons. The Morgan fingerprint density at radius 3 is 1.92 bits per heavy atom. The molecule has 0 spiro atoms. The molecule has 0 radical (unpaired) electrons. The zero-order chi connectivity index (χ0) is 47.3. The van der Waals surface area contributed by atoms with Crippen molar-refractivity contribution in [3.8, 4) is 34.0 Å². The van der Waals surface area contributed by atoms with Crippen LogP contribution < -0.4 is 4.90 Å². The molecule has 0 atom stereocenters. The molecular formula is C67H43N5. The smallest absolute Gasteiger partial charge is 0.146 e. The molecule has 13 aromatic rings. The van der Waals surface area contributed by atoms with Crippen molar-refractivity contribution in [3.63, 3.8) is 0 Å². The fourth-order valence-corrected chi connectivity index (χ4v) is 12.2. The van der Waals surface area contributed by atoms with Crippen LogP contribution in [0.3, 0.4) is 0 Å². The first-order valence-electron chi connectivity index (χ1n) is 24.7. The maximum atomic E-state index is 5.28. The number of para-hydroxylation sites is 5. The molecule has 4 heterocycles. The van der Waals surface area contributed by atoms with E-state index in [1.807, 2.05) is 30.5 Å². The van der Waals surface area contributed by atoms with E-state index in [2.05, 4.69) is 245 Å². The standard InChI is InChI=1S/C67H43N5/c1-4-22-47(23-5-1)67(48-24-6-2-7-25-48)57-32-12-10-29-51(57)56-43-55-44(41-58(56)67)37-38-54-62(42-45-20-19-31-53-52-30-11-14-34-60(52)72(64(45)53)65(54)55)70(49-26-8-3-9-27-49)50-28-18-21-46(40-50)66-69-59-33-13-15-35-61(59)71(66)63-36-16-17-39-68-63/h1-43H. The van der Waals surface area contributed by atoms with Crippen molar-refractivity contribution >= 4 is 66.8 Å². The van der Waals surface area contributed by atoms with Crippen LogP contribution in [-0.2, 0) is 5.41 Å². The summed E-state index contributed by atoms with van der Waals surface area (Å²) in [5.41, 5.74) is 18.9. The first-order chi connectivity index (χ1) is 35.7. The highest BCUT2D eigenvalue weighted by Gasteiger charge is 2.46. The average molecular weight is 918 g/mol. The molecule has 72 heavy (non-hydrogen) atoms. The van der Waals surface area contributed by atoms with Gasteiger partial charge in [0.2, 0.25) is 0 Å². The van der Waals surface area contributed by atoms with Gasteiger partial charge < -0.3 is 9.47 Å². The van der Waals surface area contributed by atoms with E-state index >= 15 is 0 Å². The van der Waals surface area contributed by atoms with E-state index in [-0.39, 0.29) is 0 Å². The van der Waals surface area contributed by atoms with Crippen LogP contribution in [0.1, 0.15) is 33.4 Å². The maximum Gasteiger partial charge on any atom is 0.146 e. The molecule has 2 aliphatic rings. The number of benzene rings is 10. The molecule has 5 heteroatoms. The Labute approximate surface area is 416 Å². The third kappa shape index (κ3) is 5.76. The summed E-state index contributed by atoms with van der Waals surface area (Å²) in [7, 11) is 0. The lowest BCUT2D eigenvalue weighted by molar-refractivity contribution is 0.769. The quantitative estimate of drug-likeness (QED) is 0.160. The van der Waals surface area contributed by atoms with Crippen LogP contribution in [0.5, 0.6) is 0 Å². The predicted octanol–water partition coefficient (Wildman–Crippen LogP) is 16.4. The van der Waals surface area contributed by atoms with E-state index in [1.54, 1.807) is 0 Å². The Hall–Kier alpha value is -9.58. The van der Waals surface area contributed by atoms with Gasteiger partial charge in [-0.05, 0) is 112 Å². The minimum absolute atomic E-state index is 0.521. The summed E-state index contributed by atoms with van der Waals surface area (Å²) in [6.45, 7) is 0.